The van der Waals surface area contributed by atoms with Gasteiger partial charge in [0.25, 0.3) is 0 Å². The van der Waals surface area contributed by atoms with E-state index in [1.165, 1.54) is 0 Å². The van der Waals surface area contributed by atoms with E-state index in [2.05, 4.69) is 11.4 Å². The van der Waals surface area contributed by atoms with Crippen molar-refractivity contribution in [2.75, 3.05) is 7.05 Å². The molecule has 0 radical (unpaired) electrons. The highest BCUT2D eigenvalue weighted by atomic mass is 35.5. The summed E-state index contributed by atoms with van der Waals surface area (Å²) >= 11 is 5.84. The maximum atomic E-state index is 5.84. The molecule has 60 valence electrons. The van der Waals surface area contributed by atoms with Crippen molar-refractivity contribution in [3.63, 3.8) is 0 Å². The van der Waals surface area contributed by atoms with E-state index in [4.69, 9.17) is 11.6 Å². The minimum absolute atomic E-state index is 0.825. The summed E-state index contributed by atoms with van der Waals surface area (Å²) in [5, 5.41) is 3.91. The first-order valence-electron chi connectivity index (χ1n) is 3.74. The maximum absolute atomic E-state index is 5.84. The minimum atomic E-state index is 0.825. The van der Waals surface area contributed by atoms with Crippen molar-refractivity contribution >= 4 is 11.6 Å². The van der Waals surface area contributed by atoms with Gasteiger partial charge in [0, 0.05) is 17.8 Å². The molecule has 0 aromatic heterocycles. The Labute approximate surface area is 72.4 Å². The summed E-state index contributed by atoms with van der Waals surface area (Å²) in [4.78, 5) is 0. The Bertz CT molecular complexity index is 214. The van der Waals surface area contributed by atoms with Crippen LogP contribution in [0.15, 0.2) is 35.0 Å². The summed E-state index contributed by atoms with van der Waals surface area (Å²) in [6.45, 7) is 0. The van der Waals surface area contributed by atoms with E-state index in [1.807, 2.05) is 25.3 Å². The zero-order valence-corrected chi connectivity index (χ0v) is 7.36. The third-order valence-electron chi connectivity index (χ3n) is 1.58. The molecule has 0 aliphatic heterocycles. The van der Waals surface area contributed by atoms with Crippen LogP contribution in [0.3, 0.4) is 0 Å². The van der Waals surface area contributed by atoms with Crippen LogP contribution in [0.5, 0.6) is 0 Å². The number of allylic oxidation sites excluding steroid dienone is 5. The zero-order valence-electron chi connectivity index (χ0n) is 6.60. The first-order chi connectivity index (χ1) is 5.33. The van der Waals surface area contributed by atoms with E-state index in [0.717, 1.165) is 23.6 Å². The molecule has 1 rings (SSSR count). The van der Waals surface area contributed by atoms with Gasteiger partial charge in [-0.15, -0.1) is 0 Å². The molecule has 2 heteroatoms. The highest BCUT2D eigenvalue weighted by Crippen LogP contribution is 2.11. The fourth-order valence-corrected chi connectivity index (χ4v) is 1.12. The summed E-state index contributed by atoms with van der Waals surface area (Å²) in [5.74, 6) is 0. The van der Waals surface area contributed by atoms with Crippen LogP contribution < -0.4 is 5.32 Å². The van der Waals surface area contributed by atoms with Crippen molar-refractivity contribution in [3.8, 4) is 0 Å². The Morgan fingerprint density at radius 2 is 2.00 bits per heavy atom. The SMILES string of the molecule is CNC1=CCC/C=C(\Cl)C=C1. The molecule has 0 spiro atoms. The molecule has 1 aliphatic rings. The number of hydrogen-bond acceptors (Lipinski definition) is 1. The molecule has 1 aliphatic carbocycles. The number of hydrogen-bond donors (Lipinski definition) is 1. The lowest BCUT2D eigenvalue weighted by Crippen LogP contribution is -2.03. The maximum Gasteiger partial charge on any atom is 0.0366 e. The first kappa shape index (κ1) is 8.41. The lowest BCUT2D eigenvalue weighted by atomic mass is 10.2. The third-order valence-corrected chi connectivity index (χ3v) is 1.86. The standard InChI is InChI=1S/C9H12ClN/c1-11-9-5-3-2-4-8(10)6-7-9/h4-7,11H,2-3H2,1H3/b7-6?,8-4-,9-5?. The number of rotatable bonds is 1. The van der Waals surface area contributed by atoms with Crippen LogP contribution in [0.25, 0.3) is 0 Å². The fraction of sp³-hybridized carbons (Fsp3) is 0.333. The first-order valence-corrected chi connectivity index (χ1v) is 4.12. The Morgan fingerprint density at radius 1 is 1.27 bits per heavy atom. The quantitative estimate of drug-likeness (QED) is 0.636. The predicted molar refractivity (Wildman–Crippen MR) is 49.5 cm³/mol. The van der Waals surface area contributed by atoms with Gasteiger partial charge in [-0.05, 0) is 25.0 Å². The van der Waals surface area contributed by atoms with Crippen LogP contribution in [0, 0.1) is 0 Å². The highest BCUT2D eigenvalue weighted by molar-refractivity contribution is 6.31. The molecule has 0 heterocycles. The minimum Gasteiger partial charge on any atom is -0.388 e. The Balaban J connectivity index is 2.71. The molecule has 0 saturated carbocycles. The molecule has 1 N–H and O–H groups in total. The van der Waals surface area contributed by atoms with Crippen LogP contribution in [-0.2, 0) is 0 Å². The van der Waals surface area contributed by atoms with Crippen molar-refractivity contribution in [1.82, 2.24) is 5.32 Å². The van der Waals surface area contributed by atoms with Crippen LogP contribution in [0.1, 0.15) is 12.8 Å². The van der Waals surface area contributed by atoms with Gasteiger partial charge < -0.3 is 5.32 Å². The molecule has 0 amide bonds. The summed E-state index contributed by atoms with van der Waals surface area (Å²) in [7, 11) is 1.91. The fourth-order valence-electron chi connectivity index (χ4n) is 0.951. The normalized spacial score (nSPS) is 22.7. The smallest absolute Gasteiger partial charge is 0.0366 e. The van der Waals surface area contributed by atoms with Crippen molar-refractivity contribution in [3.05, 3.63) is 35.0 Å². The lowest BCUT2D eigenvalue weighted by Gasteiger charge is -2.02. The second-order valence-corrected chi connectivity index (χ2v) is 2.85. The third kappa shape index (κ3) is 2.81. The van der Waals surface area contributed by atoms with Gasteiger partial charge in [-0.25, -0.2) is 0 Å². The van der Waals surface area contributed by atoms with E-state index >= 15 is 0 Å². The van der Waals surface area contributed by atoms with Crippen LogP contribution >= 0.6 is 11.6 Å². The van der Waals surface area contributed by atoms with E-state index in [9.17, 15) is 0 Å². The molecule has 0 saturated heterocycles. The van der Waals surface area contributed by atoms with E-state index in [0.29, 0.717) is 0 Å². The van der Waals surface area contributed by atoms with Crippen molar-refractivity contribution in [2.45, 2.75) is 12.8 Å². The number of likely N-dealkylation sites (N-methyl/N-ethyl adjacent to an activating group) is 1. The predicted octanol–water partition coefficient (Wildman–Crippen LogP) is 2.56. The summed E-state index contributed by atoms with van der Waals surface area (Å²) in [5.41, 5.74) is 1.14. The van der Waals surface area contributed by atoms with Crippen LogP contribution in [0.2, 0.25) is 0 Å². The van der Waals surface area contributed by atoms with Crippen molar-refractivity contribution in [2.24, 2.45) is 0 Å². The molecule has 0 bridgehead atoms. The average Bonchev–Trinajstić information content (AvgIpc) is 1.98. The molecular formula is C9H12ClN. The summed E-state index contributed by atoms with van der Waals surface area (Å²) in [6, 6.07) is 0. The Hall–Kier alpha value is -0.690. The van der Waals surface area contributed by atoms with Crippen molar-refractivity contribution in [1.29, 1.82) is 0 Å². The topological polar surface area (TPSA) is 12.0 Å². The van der Waals surface area contributed by atoms with E-state index in [-0.39, 0.29) is 0 Å². The molecule has 11 heavy (non-hydrogen) atoms. The van der Waals surface area contributed by atoms with Gasteiger partial charge in [0.2, 0.25) is 0 Å². The lowest BCUT2D eigenvalue weighted by molar-refractivity contribution is 0.967. The second kappa shape index (κ2) is 4.24. The number of nitrogens with one attached hydrogen (secondary N) is 1. The molecular weight excluding hydrogens is 158 g/mol. The van der Waals surface area contributed by atoms with Crippen LogP contribution in [-0.4, -0.2) is 7.05 Å². The molecule has 0 aromatic carbocycles. The van der Waals surface area contributed by atoms with E-state index in [1.54, 1.807) is 0 Å². The Kier molecular flexibility index (Phi) is 3.24. The average molecular weight is 170 g/mol. The molecule has 0 atom stereocenters. The summed E-state index contributed by atoms with van der Waals surface area (Å²) < 4.78 is 0. The van der Waals surface area contributed by atoms with Crippen LogP contribution in [0.4, 0.5) is 0 Å². The van der Waals surface area contributed by atoms with Gasteiger partial charge in [-0.2, -0.15) is 0 Å². The molecule has 1 nitrogen and oxygen atoms in total. The molecule has 0 fully saturated rings. The van der Waals surface area contributed by atoms with Gasteiger partial charge in [0.1, 0.15) is 0 Å². The van der Waals surface area contributed by atoms with E-state index < -0.39 is 0 Å². The highest BCUT2D eigenvalue weighted by Gasteiger charge is 1.92. The van der Waals surface area contributed by atoms with Gasteiger partial charge in [-0.1, -0.05) is 23.8 Å². The molecule has 0 unspecified atom stereocenters. The number of halogens is 1. The largest absolute Gasteiger partial charge is 0.388 e. The second-order valence-electron chi connectivity index (χ2n) is 2.41. The van der Waals surface area contributed by atoms with Gasteiger partial charge in [0.15, 0.2) is 0 Å². The molecule has 0 aromatic rings. The van der Waals surface area contributed by atoms with Gasteiger partial charge in [0.05, 0.1) is 0 Å². The van der Waals surface area contributed by atoms with Gasteiger partial charge >= 0.3 is 0 Å². The monoisotopic (exact) mass is 169 g/mol. The Morgan fingerprint density at radius 3 is 2.73 bits per heavy atom. The zero-order chi connectivity index (χ0) is 8.10. The van der Waals surface area contributed by atoms with Gasteiger partial charge in [-0.3, -0.25) is 0 Å². The summed E-state index contributed by atoms with van der Waals surface area (Å²) in [6.07, 6.45) is 10.2. The van der Waals surface area contributed by atoms with Crippen molar-refractivity contribution < 1.29 is 0 Å².